The molecular weight excluding hydrogens is 278 g/mol. The van der Waals surface area contributed by atoms with Gasteiger partial charge in [-0.15, -0.1) is 0 Å². The van der Waals surface area contributed by atoms with Gasteiger partial charge in [-0.2, -0.15) is 0 Å². The molecule has 0 spiro atoms. The number of benzene rings is 2. The summed E-state index contributed by atoms with van der Waals surface area (Å²) in [5.74, 6) is 0.882. The summed E-state index contributed by atoms with van der Waals surface area (Å²) in [5.41, 5.74) is 0. The lowest BCUT2D eigenvalue weighted by Gasteiger charge is -2.32. The smallest absolute Gasteiger partial charge is 0.140 e. The number of quaternary nitrogens is 1. The normalized spacial score (nSPS) is 13.3. The molecule has 1 unspecified atom stereocenters. The highest BCUT2D eigenvalue weighted by Crippen LogP contribution is 2.25. The zero-order chi connectivity index (χ0) is 16.0. The number of aliphatic hydroxyl groups excluding tert-OH is 1. The maximum Gasteiger partial charge on any atom is 0.140 e. The molecule has 1 atom stereocenters. The van der Waals surface area contributed by atoms with Crippen LogP contribution in [0.3, 0.4) is 0 Å². The molecule has 2 aromatic carbocycles. The molecule has 0 aliphatic carbocycles. The van der Waals surface area contributed by atoms with Gasteiger partial charge in [0.25, 0.3) is 0 Å². The van der Waals surface area contributed by atoms with Gasteiger partial charge in [0.1, 0.15) is 31.5 Å². The fraction of sp³-hybridized carbons (Fsp3) is 0.444. The van der Waals surface area contributed by atoms with Gasteiger partial charge in [-0.1, -0.05) is 36.4 Å². The second-order valence-corrected chi connectivity index (χ2v) is 6.21. The van der Waals surface area contributed by atoms with Crippen molar-refractivity contribution < 1.29 is 19.1 Å². The van der Waals surface area contributed by atoms with Crippen LogP contribution in [0.1, 0.15) is 0 Å². The minimum Gasteiger partial charge on any atom is -0.490 e. The molecule has 0 heterocycles. The molecule has 2 aromatic rings. The van der Waals surface area contributed by atoms with Crippen molar-refractivity contribution in [3.8, 4) is 5.75 Å². The van der Waals surface area contributed by atoms with E-state index in [2.05, 4.69) is 32.3 Å². The molecule has 4 nitrogen and oxygen atoms in total. The minimum atomic E-state index is -0.0134. The Labute approximate surface area is 132 Å². The first-order valence-corrected chi connectivity index (χ1v) is 7.62. The second kappa shape index (κ2) is 7.58. The SMILES string of the molecule is COC(COc1cccc2ccccc12)C[N+](C)(C)CCO. The summed E-state index contributed by atoms with van der Waals surface area (Å²) >= 11 is 0. The van der Waals surface area contributed by atoms with Crippen LogP contribution in [0.25, 0.3) is 10.8 Å². The average molecular weight is 304 g/mol. The van der Waals surface area contributed by atoms with Crippen LogP contribution >= 0.6 is 0 Å². The third-order valence-electron chi connectivity index (χ3n) is 3.91. The molecule has 0 saturated heterocycles. The lowest BCUT2D eigenvalue weighted by molar-refractivity contribution is -0.893. The van der Waals surface area contributed by atoms with Gasteiger partial charge >= 0.3 is 0 Å². The molecule has 1 N–H and O–H groups in total. The van der Waals surface area contributed by atoms with Crippen molar-refractivity contribution in [1.82, 2.24) is 0 Å². The van der Waals surface area contributed by atoms with E-state index >= 15 is 0 Å². The predicted molar refractivity (Wildman–Crippen MR) is 89.2 cm³/mol. The van der Waals surface area contributed by atoms with E-state index in [1.54, 1.807) is 7.11 Å². The van der Waals surface area contributed by atoms with Crippen LogP contribution in [-0.4, -0.2) is 63.2 Å². The first-order chi connectivity index (χ1) is 10.6. The summed E-state index contributed by atoms with van der Waals surface area (Å²) in [7, 11) is 5.87. The molecule has 0 fully saturated rings. The highest BCUT2D eigenvalue weighted by Gasteiger charge is 2.22. The Hall–Kier alpha value is -1.62. The minimum absolute atomic E-state index is 0.0134. The van der Waals surface area contributed by atoms with Gasteiger partial charge in [-0.25, -0.2) is 0 Å². The van der Waals surface area contributed by atoms with Crippen LogP contribution in [0.5, 0.6) is 5.75 Å². The molecule has 4 heteroatoms. The standard InChI is InChI=1S/C18H26NO3/c1-19(2,11-12-20)13-16(21-3)14-22-18-10-6-8-15-7-4-5-9-17(15)18/h4-10,16,20H,11-14H2,1-3H3/q+1. The second-order valence-electron chi connectivity index (χ2n) is 6.21. The van der Waals surface area contributed by atoms with Crippen molar-refractivity contribution in [1.29, 1.82) is 0 Å². The summed E-state index contributed by atoms with van der Waals surface area (Å²) in [4.78, 5) is 0. The number of methoxy groups -OCH3 is 1. The Morgan fingerprint density at radius 3 is 2.55 bits per heavy atom. The summed E-state index contributed by atoms with van der Waals surface area (Å²) in [6.45, 7) is 2.17. The van der Waals surface area contributed by atoms with Crippen molar-refractivity contribution in [2.75, 3.05) is 47.5 Å². The van der Waals surface area contributed by atoms with E-state index in [9.17, 15) is 0 Å². The Bertz CT molecular complexity index is 592. The summed E-state index contributed by atoms with van der Waals surface area (Å²) < 4.78 is 12.2. The van der Waals surface area contributed by atoms with E-state index in [0.29, 0.717) is 17.6 Å². The van der Waals surface area contributed by atoms with Gasteiger partial charge in [0.15, 0.2) is 0 Å². The van der Waals surface area contributed by atoms with Gasteiger partial charge in [0, 0.05) is 12.5 Å². The van der Waals surface area contributed by atoms with E-state index in [1.807, 2.05) is 24.3 Å². The molecule has 0 radical (unpaired) electrons. The average Bonchev–Trinajstić information content (AvgIpc) is 2.51. The third-order valence-corrected chi connectivity index (χ3v) is 3.91. The molecule has 0 saturated carbocycles. The van der Waals surface area contributed by atoms with Crippen LogP contribution < -0.4 is 4.74 Å². The van der Waals surface area contributed by atoms with Gasteiger partial charge in [-0.05, 0) is 11.5 Å². The van der Waals surface area contributed by atoms with Crippen LogP contribution in [0.2, 0.25) is 0 Å². The maximum absolute atomic E-state index is 9.13. The number of aliphatic hydroxyl groups is 1. The number of fused-ring (bicyclic) bond motifs is 1. The molecule has 0 bridgehead atoms. The van der Waals surface area contributed by atoms with Gasteiger partial charge < -0.3 is 19.1 Å². The van der Waals surface area contributed by atoms with E-state index in [0.717, 1.165) is 17.7 Å². The Morgan fingerprint density at radius 1 is 1.09 bits per heavy atom. The van der Waals surface area contributed by atoms with E-state index in [4.69, 9.17) is 14.6 Å². The zero-order valence-corrected chi connectivity index (χ0v) is 13.7. The molecule has 2 rings (SSSR count). The third kappa shape index (κ3) is 4.44. The monoisotopic (exact) mass is 304 g/mol. The Kier molecular flexibility index (Phi) is 5.77. The van der Waals surface area contributed by atoms with Crippen molar-refractivity contribution in [2.24, 2.45) is 0 Å². The van der Waals surface area contributed by atoms with Crippen LogP contribution in [0.15, 0.2) is 42.5 Å². The number of hydrogen-bond donors (Lipinski definition) is 1. The fourth-order valence-electron chi connectivity index (χ4n) is 2.61. The summed E-state index contributed by atoms with van der Waals surface area (Å²) in [6, 6.07) is 14.3. The summed E-state index contributed by atoms with van der Waals surface area (Å²) in [5, 5.41) is 11.4. The molecule has 0 amide bonds. The fourth-order valence-corrected chi connectivity index (χ4v) is 2.61. The summed E-state index contributed by atoms with van der Waals surface area (Å²) in [6.07, 6.45) is -0.0134. The van der Waals surface area contributed by atoms with Gasteiger partial charge in [0.05, 0.1) is 20.7 Å². The highest BCUT2D eigenvalue weighted by molar-refractivity contribution is 5.88. The number of likely N-dealkylation sites (N-methyl/N-ethyl adjacent to an activating group) is 1. The molecule has 22 heavy (non-hydrogen) atoms. The van der Waals surface area contributed by atoms with Gasteiger partial charge in [-0.3, -0.25) is 0 Å². The van der Waals surface area contributed by atoms with Crippen molar-refractivity contribution in [3.63, 3.8) is 0 Å². The molecule has 120 valence electrons. The van der Waals surface area contributed by atoms with Crippen LogP contribution in [0, 0.1) is 0 Å². The Morgan fingerprint density at radius 2 is 1.82 bits per heavy atom. The number of rotatable bonds is 8. The topological polar surface area (TPSA) is 38.7 Å². The molecule has 0 aliphatic rings. The lowest BCUT2D eigenvalue weighted by Crippen LogP contribution is -2.49. The maximum atomic E-state index is 9.13. The largest absolute Gasteiger partial charge is 0.490 e. The number of hydrogen-bond acceptors (Lipinski definition) is 3. The molecule has 0 aliphatic heterocycles. The molecular formula is C18H26NO3+. The first kappa shape index (κ1) is 16.7. The Balaban J connectivity index is 2.03. The van der Waals surface area contributed by atoms with Crippen molar-refractivity contribution in [3.05, 3.63) is 42.5 Å². The van der Waals surface area contributed by atoms with E-state index in [-0.39, 0.29) is 12.7 Å². The van der Waals surface area contributed by atoms with E-state index in [1.165, 1.54) is 5.39 Å². The number of nitrogens with zero attached hydrogens (tertiary/aromatic N) is 1. The lowest BCUT2D eigenvalue weighted by atomic mass is 10.1. The van der Waals surface area contributed by atoms with Gasteiger partial charge in [0.2, 0.25) is 0 Å². The highest BCUT2D eigenvalue weighted by atomic mass is 16.5. The van der Waals surface area contributed by atoms with E-state index < -0.39 is 0 Å². The van der Waals surface area contributed by atoms with Crippen molar-refractivity contribution in [2.45, 2.75) is 6.10 Å². The van der Waals surface area contributed by atoms with Crippen LogP contribution in [0.4, 0.5) is 0 Å². The van der Waals surface area contributed by atoms with Crippen molar-refractivity contribution >= 4 is 10.8 Å². The predicted octanol–water partition coefficient (Wildman–Crippen LogP) is 2.30. The zero-order valence-electron chi connectivity index (χ0n) is 13.7. The quantitative estimate of drug-likeness (QED) is 0.761. The number of ether oxygens (including phenoxy) is 2. The first-order valence-electron chi connectivity index (χ1n) is 7.62. The van der Waals surface area contributed by atoms with Crippen LogP contribution in [-0.2, 0) is 4.74 Å². The molecule has 0 aromatic heterocycles.